The standard InChI is InChI=1S/C36H44O3.C35H42O3/c1-6-36(7-2,31-15-14-29(26(3)22-31)18-21-35(38)19-9-8-10-20-35)32-16-17-33(27(4)23-32)30-13-11-12-28(24-30)25-34(37)39-5;1-5-35(6-2,30-14-13-28(25(3)21-30)17-20-34(38)18-8-7-9-19-34)31-15-16-32(26(4)22-31)29-12-10-11-27(23-29)24-33(36)37/h11-18,21-24,38H,6-10,19-20,25H2,1-5H3;10-17,20-23,38H,5-9,18-19,24H2,1-4H3,(H,36,37)/b21-18+;20-17+. The van der Waals surface area contributed by atoms with E-state index in [9.17, 15) is 24.9 Å². The molecule has 0 amide bonds. The lowest BCUT2D eigenvalue weighted by molar-refractivity contribution is -0.140. The Morgan fingerprint density at radius 3 is 1.19 bits per heavy atom. The third-order valence-electron chi connectivity index (χ3n) is 17.6. The van der Waals surface area contributed by atoms with Gasteiger partial charge in [-0.05, 0) is 168 Å². The van der Waals surface area contributed by atoms with Crippen LogP contribution >= 0.6 is 0 Å². The predicted molar refractivity (Wildman–Crippen MR) is 320 cm³/mol. The number of rotatable bonds is 18. The molecule has 2 aliphatic rings. The Hall–Kier alpha value is -6.34. The molecule has 2 fully saturated rings. The Bertz CT molecular complexity index is 3040. The van der Waals surface area contributed by atoms with E-state index in [1.54, 1.807) is 0 Å². The third-order valence-corrected chi connectivity index (χ3v) is 17.6. The highest BCUT2D eigenvalue weighted by Crippen LogP contribution is 2.44. The fourth-order valence-electron chi connectivity index (χ4n) is 12.6. The molecule has 0 aromatic heterocycles. The summed E-state index contributed by atoms with van der Waals surface area (Å²) in [5.41, 5.74) is 17.3. The number of carboxylic acids is 1. The maximum Gasteiger partial charge on any atom is 0.309 e. The molecular weight excluding hydrogens is 949 g/mol. The Kier molecular flexibility index (Phi) is 19.6. The molecule has 77 heavy (non-hydrogen) atoms. The number of carboxylic acid groups (broad SMARTS) is 1. The van der Waals surface area contributed by atoms with Gasteiger partial charge in [0.25, 0.3) is 0 Å². The largest absolute Gasteiger partial charge is 0.481 e. The van der Waals surface area contributed by atoms with Crippen LogP contribution in [0.15, 0.2) is 133 Å². The van der Waals surface area contributed by atoms with Crippen molar-refractivity contribution in [3.8, 4) is 22.3 Å². The second-order valence-electron chi connectivity index (χ2n) is 22.5. The quantitative estimate of drug-likeness (QED) is 0.0741. The lowest BCUT2D eigenvalue weighted by Gasteiger charge is -2.34. The van der Waals surface area contributed by atoms with Crippen LogP contribution in [0.2, 0.25) is 0 Å². The Labute approximate surface area is 461 Å². The molecule has 3 N–H and O–H groups in total. The lowest BCUT2D eigenvalue weighted by Crippen LogP contribution is -2.28. The first-order valence-corrected chi connectivity index (χ1v) is 28.7. The second kappa shape index (κ2) is 25.9. The molecule has 6 heteroatoms. The SMILES string of the molecule is CCC(CC)(c1ccc(/C=C/C2(O)CCCCC2)c(C)c1)c1ccc(-c2cccc(CC(=O)O)c2)c(C)c1.CCC(CC)(c1ccc(/C=C/C2(O)CCCCC2)c(C)c1)c1ccc(-c2cccc(CC(=O)OC)c2)c(C)c1. The zero-order chi connectivity index (χ0) is 55.4. The summed E-state index contributed by atoms with van der Waals surface area (Å²) < 4.78 is 4.85. The van der Waals surface area contributed by atoms with Crippen LogP contribution in [0.4, 0.5) is 0 Å². The van der Waals surface area contributed by atoms with Gasteiger partial charge >= 0.3 is 11.9 Å². The second-order valence-corrected chi connectivity index (χ2v) is 22.5. The van der Waals surface area contributed by atoms with Gasteiger partial charge in [-0.25, -0.2) is 0 Å². The number of aliphatic hydroxyl groups is 2. The molecule has 0 atom stereocenters. The van der Waals surface area contributed by atoms with Gasteiger partial charge in [-0.15, -0.1) is 0 Å². The Morgan fingerprint density at radius 1 is 0.494 bits per heavy atom. The molecule has 406 valence electrons. The van der Waals surface area contributed by atoms with E-state index in [0.29, 0.717) is 0 Å². The van der Waals surface area contributed by atoms with Gasteiger partial charge < -0.3 is 20.1 Å². The lowest BCUT2D eigenvalue weighted by atomic mass is 9.69. The van der Waals surface area contributed by atoms with Gasteiger partial charge in [0, 0.05) is 10.8 Å². The number of aliphatic carboxylic acids is 1. The van der Waals surface area contributed by atoms with Crippen molar-refractivity contribution in [2.24, 2.45) is 0 Å². The normalized spacial score (nSPS) is 15.5. The summed E-state index contributed by atoms with van der Waals surface area (Å²) in [6.45, 7) is 17.8. The van der Waals surface area contributed by atoms with Gasteiger partial charge in [0.15, 0.2) is 0 Å². The van der Waals surface area contributed by atoms with Crippen molar-refractivity contribution in [3.63, 3.8) is 0 Å². The van der Waals surface area contributed by atoms with Crippen molar-refractivity contribution < 1.29 is 29.6 Å². The van der Waals surface area contributed by atoms with E-state index in [2.05, 4.69) is 159 Å². The van der Waals surface area contributed by atoms with Crippen LogP contribution in [-0.4, -0.2) is 45.6 Å². The van der Waals surface area contributed by atoms with E-state index < -0.39 is 17.2 Å². The molecule has 8 rings (SSSR count). The molecular formula is C71H86O6. The van der Waals surface area contributed by atoms with E-state index in [1.165, 1.54) is 81.1 Å². The number of aryl methyl sites for hydroxylation is 4. The van der Waals surface area contributed by atoms with Crippen molar-refractivity contribution >= 4 is 24.1 Å². The van der Waals surface area contributed by atoms with Gasteiger partial charge in [-0.1, -0.05) is 212 Å². The molecule has 0 bridgehead atoms. The highest BCUT2D eigenvalue weighted by molar-refractivity contribution is 5.75. The fourth-order valence-corrected chi connectivity index (χ4v) is 12.6. The van der Waals surface area contributed by atoms with Gasteiger partial charge in [0.1, 0.15) is 0 Å². The smallest absolute Gasteiger partial charge is 0.309 e. The summed E-state index contributed by atoms with van der Waals surface area (Å²) >= 11 is 0. The monoisotopic (exact) mass is 1030 g/mol. The van der Waals surface area contributed by atoms with Gasteiger partial charge in [-0.2, -0.15) is 0 Å². The highest BCUT2D eigenvalue weighted by Gasteiger charge is 2.34. The average Bonchev–Trinajstić information content (AvgIpc) is 3.42. The maximum absolute atomic E-state index is 11.8. The molecule has 6 nitrogen and oxygen atoms in total. The van der Waals surface area contributed by atoms with Crippen molar-refractivity contribution in [2.45, 2.75) is 180 Å². The van der Waals surface area contributed by atoms with Crippen molar-refractivity contribution in [1.29, 1.82) is 0 Å². The molecule has 2 saturated carbocycles. The molecule has 0 spiro atoms. The van der Waals surface area contributed by atoms with E-state index in [1.807, 2.05) is 42.5 Å². The van der Waals surface area contributed by atoms with Crippen LogP contribution in [0.1, 0.15) is 184 Å². The maximum atomic E-state index is 11.8. The minimum atomic E-state index is -0.813. The first-order chi connectivity index (χ1) is 36.9. The summed E-state index contributed by atoms with van der Waals surface area (Å²) in [6.07, 6.45) is 22.9. The first kappa shape index (κ1) is 58.3. The molecule has 0 saturated heterocycles. The third kappa shape index (κ3) is 13.9. The topological polar surface area (TPSA) is 104 Å². The minimum Gasteiger partial charge on any atom is -0.481 e. The van der Waals surface area contributed by atoms with E-state index in [0.717, 1.165) is 105 Å². The predicted octanol–water partition coefficient (Wildman–Crippen LogP) is 16.9. The summed E-state index contributed by atoms with van der Waals surface area (Å²) in [7, 11) is 1.43. The van der Waals surface area contributed by atoms with E-state index >= 15 is 0 Å². The summed E-state index contributed by atoms with van der Waals surface area (Å²) in [5.74, 6) is -1.04. The number of hydrogen-bond acceptors (Lipinski definition) is 5. The molecule has 0 unspecified atom stereocenters. The van der Waals surface area contributed by atoms with Crippen LogP contribution in [0, 0.1) is 27.7 Å². The first-order valence-electron chi connectivity index (χ1n) is 28.7. The number of methoxy groups -OCH3 is 1. The Balaban J connectivity index is 0.000000224. The zero-order valence-electron chi connectivity index (χ0n) is 47.7. The van der Waals surface area contributed by atoms with E-state index in [-0.39, 0.29) is 29.6 Å². The molecule has 2 aliphatic carbocycles. The number of carbonyl (C=O) groups excluding carboxylic acids is 1. The van der Waals surface area contributed by atoms with Crippen LogP contribution < -0.4 is 0 Å². The molecule has 0 radical (unpaired) electrons. The highest BCUT2D eigenvalue weighted by atomic mass is 16.5. The molecule has 0 heterocycles. The number of esters is 1. The number of carbonyl (C=O) groups is 2. The van der Waals surface area contributed by atoms with Crippen LogP contribution in [0.5, 0.6) is 0 Å². The molecule has 6 aromatic rings. The molecule has 0 aliphatic heterocycles. The summed E-state index contributed by atoms with van der Waals surface area (Å²) in [6, 6.07) is 43.3. The van der Waals surface area contributed by atoms with Crippen molar-refractivity contribution in [3.05, 3.63) is 200 Å². The minimum absolute atomic E-state index is 0.0313. The van der Waals surface area contributed by atoms with Crippen molar-refractivity contribution in [1.82, 2.24) is 0 Å². The number of benzene rings is 6. The van der Waals surface area contributed by atoms with Gasteiger partial charge in [-0.3, -0.25) is 9.59 Å². The zero-order valence-corrected chi connectivity index (χ0v) is 47.7. The van der Waals surface area contributed by atoms with Crippen LogP contribution in [-0.2, 0) is 38.0 Å². The summed E-state index contributed by atoms with van der Waals surface area (Å²) in [5, 5.41) is 31.0. The summed E-state index contributed by atoms with van der Waals surface area (Å²) in [4.78, 5) is 23.0. The average molecular weight is 1040 g/mol. The van der Waals surface area contributed by atoms with Gasteiger partial charge in [0.2, 0.25) is 0 Å². The van der Waals surface area contributed by atoms with Gasteiger partial charge in [0.05, 0.1) is 31.2 Å². The van der Waals surface area contributed by atoms with Crippen LogP contribution in [0.3, 0.4) is 0 Å². The number of ether oxygens (including phenoxy) is 1. The van der Waals surface area contributed by atoms with Crippen LogP contribution in [0.25, 0.3) is 34.4 Å². The molecule has 6 aromatic carbocycles. The Morgan fingerprint density at radius 2 is 0.857 bits per heavy atom. The fraction of sp³-hybridized carbons (Fsp3) is 0.408. The number of hydrogen-bond donors (Lipinski definition) is 3. The van der Waals surface area contributed by atoms with E-state index in [4.69, 9.17) is 4.74 Å². The van der Waals surface area contributed by atoms with Crippen molar-refractivity contribution in [2.75, 3.05) is 7.11 Å².